The third kappa shape index (κ3) is 2.92. The molecular weight excluding hydrogens is 292 g/mol. The van der Waals surface area contributed by atoms with Crippen LogP contribution in [0.5, 0.6) is 0 Å². The number of thiazole rings is 1. The summed E-state index contributed by atoms with van der Waals surface area (Å²) in [7, 11) is 0. The van der Waals surface area contributed by atoms with Gasteiger partial charge in [-0.1, -0.05) is 0 Å². The third-order valence-electron chi connectivity index (χ3n) is 3.34. The van der Waals surface area contributed by atoms with Gasteiger partial charge in [0.05, 0.1) is 31.4 Å². The summed E-state index contributed by atoms with van der Waals surface area (Å²) in [4.78, 5) is 18.8. The first kappa shape index (κ1) is 13.7. The fourth-order valence-corrected chi connectivity index (χ4v) is 3.79. The van der Waals surface area contributed by atoms with Crippen molar-refractivity contribution in [2.75, 3.05) is 19.8 Å². The van der Waals surface area contributed by atoms with E-state index in [1.165, 1.54) is 0 Å². The minimum atomic E-state index is 0.142. The fraction of sp³-hybridized carbons (Fsp3) is 0.429. The van der Waals surface area contributed by atoms with E-state index in [9.17, 15) is 4.79 Å². The van der Waals surface area contributed by atoms with E-state index in [1.807, 2.05) is 22.6 Å². The van der Waals surface area contributed by atoms with E-state index in [0.29, 0.717) is 26.2 Å². The number of carbonyl (C=O) groups is 1. The average Bonchev–Trinajstić information content (AvgIpc) is 3.09. The van der Waals surface area contributed by atoms with Crippen LogP contribution in [0.2, 0.25) is 0 Å². The van der Waals surface area contributed by atoms with Crippen LogP contribution in [0.25, 0.3) is 10.6 Å². The highest BCUT2D eigenvalue weighted by Crippen LogP contribution is 2.26. The van der Waals surface area contributed by atoms with Crippen molar-refractivity contribution >= 4 is 28.6 Å². The molecule has 20 heavy (non-hydrogen) atoms. The lowest BCUT2D eigenvalue weighted by atomic mass is 10.2. The van der Waals surface area contributed by atoms with Gasteiger partial charge in [0.25, 0.3) is 0 Å². The fourth-order valence-electron chi connectivity index (χ4n) is 2.26. The van der Waals surface area contributed by atoms with Gasteiger partial charge in [0.2, 0.25) is 5.91 Å². The molecule has 1 atom stereocenters. The normalized spacial score (nSPS) is 19.2. The number of amides is 1. The molecule has 106 valence electrons. The molecule has 0 N–H and O–H groups in total. The molecule has 0 spiro atoms. The van der Waals surface area contributed by atoms with E-state index in [0.717, 1.165) is 16.3 Å². The topological polar surface area (TPSA) is 42.4 Å². The maximum atomic E-state index is 12.3. The molecule has 4 nitrogen and oxygen atoms in total. The van der Waals surface area contributed by atoms with Crippen molar-refractivity contribution in [1.29, 1.82) is 0 Å². The summed E-state index contributed by atoms with van der Waals surface area (Å²) in [5.74, 6) is 0.142. The van der Waals surface area contributed by atoms with Crippen molar-refractivity contribution in [2.45, 2.75) is 19.4 Å². The quantitative estimate of drug-likeness (QED) is 0.875. The maximum Gasteiger partial charge on any atom is 0.229 e. The predicted molar refractivity (Wildman–Crippen MR) is 81.1 cm³/mol. The first-order valence-corrected chi connectivity index (χ1v) is 8.40. The second-order valence-corrected chi connectivity index (χ2v) is 6.48. The first-order chi connectivity index (χ1) is 9.74. The number of rotatable bonds is 3. The van der Waals surface area contributed by atoms with Gasteiger partial charge in [-0.3, -0.25) is 4.79 Å². The summed E-state index contributed by atoms with van der Waals surface area (Å²) in [6, 6.07) is 2.21. The van der Waals surface area contributed by atoms with Crippen LogP contribution in [0, 0.1) is 0 Å². The van der Waals surface area contributed by atoms with E-state index < -0.39 is 0 Å². The molecular formula is C14H16N2O2S2. The average molecular weight is 308 g/mol. The molecule has 2 aromatic rings. The van der Waals surface area contributed by atoms with E-state index in [2.05, 4.69) is 16.4 Å². The maximum absolute atomic E-state index is 12.3. The largest absolute Gasteiger partial charge is 0.377 e. The summed E-state index contributed by atoms with van der Waals surface area (Å²) in [6.07, 6.45) is 0.380. The summed E-state index contributed by atoms with van der Waals surface area (Å²) >= 11 is 3.26. The summed E-state index contributed by atoms with van der Waals surface area (Å²) in [6.45, 7) is 3.96. The Bertz CT molecular complexity index is 580. The minimum absolute atomic E-state index is 0.142. The lowest BCUT2D eigenvalue weighted by molar-refractivity contribution is -0.138. The Morgan fingerprint density at radius 3 is 3.20 bits per heavy atom. The summed E-state index contributed by atoms with van der Waals surface area (Å²) < 4.78 is 5.36. The van der Waals surface area contributed by atoms with Crippen LogP contribution in [0.1, 0.15) is 12.6 Å². The van der Waals surface area contributed by atoms with Gasteiger partial charge < -0.3 is 9.64 Å². The molecule has 1 fully saturated rings. The molecule has 0 saturated carbocycles. The van der Waals surface area contributed by atoms with Gasteiger partial charge in [-0.25, -0.2) is 4.98 Å². The molecule has 1 amide bonds. The van der Waals surface area contributed by atoms with E-state index in [1.54, 1.807) is 22.7 Å². The number of morpholine rings is 1. The van der Waals surface area contributed by atoms with Gasteiger partial charge in [0.15, 0.2) is 0 Å². The Labute approximate surface area is 126 Å². The summed E-state index contributed by atoms with van der Waals surface area (Å²) in [5.41, 5.74) is 2.00. The molecule has 0 bridgehead atoms. The minimum Gasteiger partial charge on any atom is -0.377 e. The molecule has 6 heteroatoms. The van der Waals surface area contributed by atoms with Crippen molar-refractivity contribution in [3.63, 3.8) is 0 Å². The van der Waals surface area contributed by atoms with Crippen LogP contribution in [-0.2, 0) is 16.0 Å². The molecule has 1 aliphatic rings. The Hall–Kier alpha value is -1.24. The van der Waals surface area contributed by atoms with E-state index >= 15 is 0 Å². The second kappa shape index (κ2) is 6.03. The molecule has 0 aliphatic carbocycles. The van der Waals surface area contributed by atoms with Gasteiger partial charge in [0, 0.05) is 22.9 Å². The highest BCUT2D eigenvalue weighted by Gasteiger charge is 2.24. The second-order valence-electron chi connectivity index (χ2n) is 4.84. The van der Waals surface area contributed by atoms with Crippen LogP contribution in [-0.4, -0.2) is 41.6 Å². The molecule has 2 aromatic heterocycles. The third-order valence-corrected chi connectivity index (χ3v) is 4.96. The smallest absolute Gasteiger partial charge is 0.229 e. The Balaban J connectivity index is 1.67. The lowest BCUT2D eigenvalue weighted by Crippen LogP contribution is -2.47. The lowest BCUT2D eigenvalue weighted by Gasteiger charge is -2.33. The van der Waals surface area contributed by atoms with Gasteiger partial charge in [-0.2, -0.15) is 11.3 Å². The number of aromatic nitrogens is 1. The number of nitrogens with zero attached hydrogens (tertiary/aromatic N) is 2. The van der Waals surface area contributed by atoms with Crippen molar-refractivity contribution in [2.24, 2.45) is 0 Å². The van der Waals surface area contributed by atoms with Gasteiger partial charge >= 0.3 is 0 Å². The first-order valence-electron chi connectivity index (χ1n) is 6.58. The SMILES string of the molecule is C[C@H]1COCCN1C(=O)Cc1csc(-c2ccsc2)n1. The zero-order chi connectivity index (χ0) is 13.9. The number of thiophene rings is 1. The Kier molecular flexibility index (Phi) is 4.14. The predicted octanol–water partition coefficient (Wildman–Crippen LogP) is 2.66. The Morgan fingerprint density at radius 1 is 1.55 bits per heavy atom. The molecule has 1 saturated heterocycles. The molecule has 0 aromatic carbocycles. The molecule has 0 unspecified atom stereocenters. The van der Waals surface area contributed by atoms with Crippen LogP contribution >= 0.6 is 22.7 Å². The van der Waals surface area contributed by atoms with Gasteiger partial charge in [0.1, 0.15) is 5.01 Å². The monoisotopic (exact) mass is 308 g/mol. The van der Waals surface area contributed by atoms with Gasteiger partial charge in [-0.05, 0) is 18.4 Å². The van der Waals surface area contributed by atoms with E-state index in [-0.39, 0.29) is 11.9 Å². The van der Waals surface area contributed by atoms with Crippen molar-refractivity contribution in [3.8, 4) is 10.6 Å². The van der Waals surface area contributed by atoms with Crippen LogP contribution < -0.4 is 0 Å². The highest BCUT2D eigenvalue weighted by atomic mass is 32.1. The van der Waals surface area contributed by atoms with Crippen molar-refractivity contribution < 1.29 is 9.53 Å². The van der Waals surface area contributed by atoms with Crippen LogP contribution in [0.4, 0.5) is 0 Å². The van der Waals surface area contributed by atoms with Gasteiger partial charge in [-0.15, -0.1) is 11.3 Å². The van der Waals surface area contributed by atoms with E-state index in [4.69, 9.17) is 4.74 Å². The molecule has 3 heterocycles. The van der Waals surface area contributed by atoms with Crippen molar-refractivity contribution in [1.82, 2.24) is 9.88 Å². The Morgan fingerprint density at radius 2 is 2.45 bits per heavy atom. The standard InChI is InChI=1S/C14H16N2O2S2/c1-10-7-18-4-3-16(10)13(17)6-12-9-20-14(15-12)11-2-5-19-8-11/h2,5,8-10H,3-4,6-7H2,1H3/t10-/m0/s1. The zero-order valence-corrected chi connectivity index (χ0v) is 12.9. The molecule has 0 radical (unpaired) electrons. The van der Waals surface area contributed by atoms with Crippen molar-refractivity contribution in [3.05, 3.63) is 27.9 Å². The highest BCUT2D eigenvalue weighted by molar-refractivity contribution is 7.14. The van der Waals surface area contributed by atoms with Crippen LogP contribution in [0.15, 0.2) is 22.2 Å². The molecule has 1 aliphatic heterocycles. The van der Waals surface area contributed by atoms with Crippen LogP contribution in [0.3, 0.4) is 0 Å². The number of hydrogen-bond acceptors (Lipinski definition) is 5. The number of carbonyl (C=O) groups excluding carboxylic acids is 1. The zero-order valence-electron chi connectivity index (χ0n) is 11.2. The number of hydrogen-bond donors (Lipinski definition) is 0. The summed E-state index contributed by atoms with van der Waals surface area (Å²) in [5, 5.41) is 7.09. The number of ether oxygens (including phenoxy) is 1. The molecule has 3 rings (SSSR count).